The highest BCUT2D eigenvalue weighted by Gasteiger charge is 2.49. The number of ether oxygens (including phenoxy) is 1. The lowest BCUT2D eigenvalue weighted by molar-refractivity contribution is -0.221. The first kappa shape index (κ1) is 15.9. The first-order valence-electron chi connectivity index (χ1n) is 4.88. The van der Waals surface area contributed by atoms with Gasteiger partial charge in [0.25, 0.3) is 0 Å². The smallest absolute Gasteiger partial charge is 0.244 e. The molecule has 0 aliphatic carbocycles. The average molecular weight is 248 g/mol. The van der Waals surface area contributed by atoms with E-state index in [4.69, 9.17) is 10.2 Å². The highest BCUT2D eigenvalue weighted by atomic mass is 16.6. The van der Waals surface area contributed by atoms with Crippen LogP contribution in [0.15, 0.2) is 0 Å². The van der Waals surface area contributed by atoms with E-state index in [0.29, 0.717) is 0 Å². The van der Waals surface area contributed by atoms with Crippen LogP contribution in [0.5, 0.6) is 0 Å². The molecule has 2 unspecified atom stereocenters. The normalized spacial score (nSPS) is 15.2. The van der Waals surface area contributed by atoms with E-state index >= 15 is 0 Å². The standard InChI is InChI=1S/C10H16O7/c1-5(12)10(6(2)13,7(3)14)17-9(16)8(15)4-11/h8-9,11,15-16H,4H2,1-3H3. The maximum atomic E-state index is 11.4. The maximum absolute atomic E-state index is 11.4. The van der Waals surface area contributed by atoms with Crippen LogP contribution >= 0.6 is 0 Å². The van der Waals surface area contributed by atoms with Gasteiger partial charge < -0.3 is 20.1 Å². The molecule has 7 heteroatoms. The molecule has 0 aromatic rings. The van der Waals surface area contributed by atoms with Gasteiger partial charge in [0.05, 0.1) is 6.61 Å². The molecule has 98 valence electrons. The highest BCUT2D eigenvalue weighted by molar-refractivity contribution is 6.26. The second-order valence-corrected chi connectivity index (χ2v) is 3.61. The third-order valence-electron chi connectivity index (χ3n) is 2.30. The third-order valence-corrected chi connectivity index (χ3v) is 2.30. The number of aliphatic hydroxyl groups is 3. The minimum Gasteiger partial charge on any atom is -0.393 e. The second-order valence-electron chi connectivity index (χ2n) is 3.61. The Morgan fingerprint density at radius 1 is 1.06 bits per heavy atom. The Hall–Kier alpha value is -1.15. The van der Waals surface area contributed by atoms with Crippen molar-refractivity contribution in [1.82, 2.24) is 0 Å². The lowest BCUT2D eigenvalue weighted by Crippen LogP contribution is -2.56. The summed E-state index contributed by atoms with van der Waals surface area (Å²) in [6.07, 6.45) is -3.73. The van der Waals surface area contributed by atoms with Gasteiger partial charge in [-0.05, 0) is 20.8 Å². The first-order valence-corrected chi connectivity index (χ1v) is 4.88. The number of aliphatic hydroxyl groups excluding tert-OH is 3. The number of Topliss-reactive ketones (excluding diaryl/α,β-unsaturated/α-hetero) is 3. The fourth-order valence-corrected chi connectivity index (χ4v) is 1.34. The predicted octanol–water partition coefficient (Wildman–Crippen LogP) is -1.82. The minimum absolute atomic E-state index is 0.842. The summed E-state index contributed by atoms with van der Waals surface area (Å²) in [4.78, 5) is 34.1. The Bertz CT molecular complexity index is 287. The van der Waals surface area contributed by atoms with Crippen LogP contribution in [0.3, 0.4) is 0 Å². The van der Waals surface area contributed by atoms with Crippen molar-refractivity contribution in [3.8, 4) is 0 Å². The molecule has 0 rings (SSSR count). The summed E-state index contributed by atoms with van der Waals surface area (Å²) in [6, 6.07) is 0. The third kappa shape index (κ3) is 3.16. The number of rotatable bonds is 7. The molecule has 7 nitrogen and oxygen atoms in total. The van der Waals surface area contributed by atoms with Crippen molar-refractivity contribution >= 4 is 17.3 Å². The largest absolute Gasteiger partial charge is 0.393 e. The Balaban J connectivity index is 5.27. The summed E-state index contributed by atoms with van der Waals surface area (Å²) in [5.74, 6) is -2.70. The van der Waals surface area contributed by atoms with Crippen LogP contribution in [0.4, 0.5) is 0 Å². The lowest BCUT2D eigenvalue weighted by Gasteiger charge is -2.29. The van der Waals surface area contributed by atoms with Gasteiger partial charge in [-0.1, -0.05) is 0 Å². The summed E-state index contributed by atoms with van der Waals surface area (Å²) in [6.45, 7) is 2.04. The molecule has 2 atom stereocenters. The first-order chi connectivity index (χ1) is 7.70. The van der Waals surface area contributed by atoms with Crippen LogP contribution in [0, 0.1) is 0 Å². The zero-order valence-corrected chi connectivity index (χ0v) is 9.84. The molecular weight excluding hydrogens is 232 g/mol. The molecule has 0 aromatic carbocycles. The van der Waals surface area contributed by atoms with Gasteiger partial charge in [0.2, 0.25) is 5.60 Å². The van der Waals surface area contributed by atoms with E-state index in [0.717, 1.165) is 20.8 Å². The van der Waals surface area contributed by atoms with Crippen molar-refractivity contribution in [3.05, 3.63) is 0 Å². The summed E-state index contributed by atoms with van der Waals surface area (Å²) in [5, 5.41) is 27.0. The molecule has 17 heavy (non-hydrogen) atoms. The lowest BCUT2D eigenvalue weighted by atomic mass is 9.90. The molecule has 0 amide bonds. The van der Waals surface area contributed by atoms with Crippen LogP contribution in [0.25, 0.3) is 0 Å². The van der Waals surface area contributed by atoms with Crippen LogP contribution in [-0.4, -0.2) is 57.3 Å². The molecule has 0 heterocycles. The topological polar surface area (TPSA) is 121 Å². The number of hydrogen-bond acceptors (Lipinski definition) is 7. The fourth-order valence-electron chi connectivity index (χ4n) is 1.34. The number of carbonyl (C=O) groups is 3. The molecule has 0 bridgehead atoms. The van der Waals surface area contributed by atoms with Gasteiger partial charge in [-0.2, -0.15) is 0 Å². The quantitative estimate of drug-likeness (QED) is 0.358. The van der Waals surface area contributed by atoms with Crippen LogP contribution in [0.2, 0.25) is 0 Å². The molecule has 0 fully saturated rings. The summed E-state index contributed by atoms with van der Waals surface area (Å²) in [7, 11) is 0. The van der Waals surface area contributed by atoms with E-state index in [2.05, 4.69) is 4.74 Å². The van der Waals surface area contributed by atoms with E-state index in [1.54, 1.807) is 0 Å². The molecule has 3 N–H and O–H groups in total. The van der Waals surface area contributed by atoms with Gasteiger partial charge in [-0.25, -0.2) is 0 Å². The monoisotopic (exact) mass is 248 g/mol. The summed E-state index contributed by atoms with van der Waals surface area (Å²) in [5.41, 5.74) is -2.43. The Labute approximate surface area is 98.0 Å². The van der Waals surface area contributed by atoms with Gasteiger partial charge in [0, 0.05) is 0 Å². The van der Waals surface area contributed by atoms with Gasteiger partial charge in [-0.3, -0.25) is 14.4 Å². The van der Waals surface area contributed by atoms with Crippen molar-refractivity contribution in [2.45, 2.75) is 38.8 Å². The van der Waals surface area contributed by atoms with Crippen molar-refractivity contribution in [2.75, 3.05) is 6.61 Å². The molecule has 0 aliphatic rings. The number of carbonyl (C=O) groups excluding carboxylic acids is 3. The minimum atomic E-state index is -2.43. The predicted molar refractivity (Wildman–Crippen MR) is 55.0 cm³/mol. The zero-order chi connectivity index (χ0) is 13.8. The molecule has 0 aliphatic heterocycles. The van der Waals surface area contributed by atoms with E-state index in [1.807, 2.05) is 0 Å². The molecule has 0 spiro atoms. The van der Waals surface area contributed by atoms with E-state index in [9.17, 15) is 19.5 Å². The maximum Gasteiger partial charge on any atom is 0.244 e. The fraction of sp³-hybridized carbons (Fsp3) is 0.700. The molecule has 0 aromatic heterocycles. The van der Waals surface area contributed by atoms with E-state index in [1.165, 1.54) is 0 Å². The van der Waals surface area contributed by atoms with Crippen LogP contribution in [-0.2, 0) is 19.1 Å². The van der Waals surface area contributed by atoms with E-state index in [-0.39, 0.29) is 0 Å². The van der Waals surface area contributed by atoms with Crippen molar-refractivity contribution < 1.29 is 34.4 Å². The van der Waals surface area contributed by atoms with Crippen molar-refractivity contribution in [3.63, 3.8) is 0 Å². The zero-order valence-electron chi connectivity index (χ0n) is 9.84. The van der Waals surface area contributed by atoms with Crippen LogP contribution in [0.1, 0.15) is 20.8 Å². The van der Waals surface area contributed by atoms with Gasteiger partial charge in [0.1, 0.15) is 6.10 Å². The molecule has 0 saturated carbocycles. The van der Waals surface area contributed by atoms with Gasteiger partial charge in [-0.15, -0.1) is 0 Å². The molecular formula is C10H16O7. The molecule has 0 radical (unpaired) electrons. The second kappa shape index (κ2) is 5.97. The number of hydrogen-bond donors (Lipinski definition) is 3. The van der Waals surface area contributed by atoms with Gasteiger partial charge in [0.15, 0.2) is 23.6 Å². The van der Waals surface area contributed by atoms with Crippen molar-refractivity contribution in [1.29, 1.82) is 0 Å². The number of ketones is 3. The van der Waals surface area contributed by atoms with E-state index < -0.39 is 42.0 Å². The highest BCUT2D eigenvalue weighted by Crippen LogP contribution is 2.19. The van der Waals surface area contributed by atoms with Crippen molar-refractivity contribution in [2.24, 2.45) is 0 Å². The molecule has 0 saturated heterocycles. The Kier molecular flexibility index (Phi) is 5.56. The Morgan fingerprint density at radius 3 is 1.65 bits per heavy atom. The SMILES string of the molecule is CC(=O)C(OC(O)C(O)CO)(C(C)=O)C(C)=O. The Morgan fingerprint density at radius 2 is 1.41 bits per heavy atom. The average Bonchev–Trinajstić information content (AvgIpc) is 2.22. The summed E-state index contributed by atoms with van der Waals surface area (Å²) >= 11 is 0. The van der Waals surface area contributed by atoms with Crippen LogP contribution < -0.4 is 0 Å². The summed E-state index contributed by atoms with van der Waals surface area (Å²) < 4.78 is 4.67. The van der Waals surface area contributed by atoms with Gasteiger partial charge >= 0.3 is 0 Å².